The molecule has 0 radical (unpaired) electrons. The molecule has 0 aromatic carbocycles. The van der Waals surface area contributed by atoms with Crippen LogP contribution in [0.2, 0.25) is 0 Å². The minimum Gasteiger partial charge on any atom is -0.477 e. The molecule has 0 spiro atoms. The van der Waals surface area contributed by atoms with Crippen molar-refractivity contribution >= 4 is 11.7 Å². The van der Waals surface area contributed by atoms with Crippen LogP contribution >= 0.6 is 0 Å². The van der Waals surface area contributed by atoms with Gasteiger partial charge in [0.25, 0.3) is 0 Å². The fourth-order valence-corrected chi connectivity index (χ4v) is 1.54. The number of hydrogen-bond donors (Lipinski definition) is 1. The highest BCUT2D eigenvalue weighted by atomic mass is 16.7. The van der Waals surface area contributed by atoms with Crippen molar-refractivity contribution in [3.8, 4) is 0 Å². The summed E-state index contributed by atoms with van der Waals surface area (Å²) < 4.78 is 10.9. The van der Waals surface area contributed by atoms with Crippen LogP contribution in [0, 0.1) is 0 Å². The molecule has 1 rings (SSSR count). The molecule has 1 fully saturated rings. The molecule has 0 aliphatic carbocycles. The standard InChI is InChI=1S/C12H20N2O4.C2H6/c1-3-14(13-10(2)12(15)16)7-9-18-11-6-4-5-8-17-11;1-2/h3,11H,1,4-9H2,2H3,(H,15,16);1-2H3/b13-10+;. The molecule has 1 heterocycles. The highest BCUT2D eigenvalue weighted by Gasteiger charge is 2.14. The maximum atomic E-state index is 10.6. The van der Waals surface area contributed by atoms with Crippen molar-refractivity contribution in [1.29, 1.82) is 0 Å². The first-order chi connectivity index (χ1) is 9.63. The van der Waals surface area contributed by atoms with Crippen LogP contribution in [0.15, 0.2) is 17.9 Å². The topological polar surface area (TPSA) is 71.4 Å². The second kappa shape index (κ2) is 11.4. The van der Waals surface area contributed by atoms with E-state index >= 15 is 0 Å². The zero-order valence-electron chi connectivity index (χ0n) is 12.7. The quantitative estimate of drug-likeness (QED) is 0.575. The molecule has 1 unspecified atom stereocenters. The number of hydrazone groups is 1. The lowest BCUT2D eigenvalue weighted by Crippen LogP contribution is -2.27. The van der Waals surface area contributed by atoms with E-state index in [-0.39, 0.29) is 12.0 Å². The van der Waals surface area contributed by atoms with Gasteiger partial charge in [-0.1, -0.05) is 20.4 Å². The third-order valence-electron chi connectivity index (χ3n) is 2.56. The summed E-state index contributed by atoms with van der Waals surface area (Å²) in [7, 11) is 0. The van der Waals surface area contributed by atoms with Crippen LogP contribution in [0.1, 0.15) is 40.0 Å². The first kappa shape index (κ1) is 18.6. The average Bonchev–Trinajstić information content (AvgIpc) is 2.49. The van der Waals surface area contributed by atoms with Crippen molar-refractivity contribution in [2.75, 3.05) is 19.8 Å². The minimum absolute atomic E-state index is 0.0174. The molecule has 0 bridgehead atoms. The zero-order valence-corrected chi connectivity index (χ0v) is 12.7. The van der Waals surface area contributed by atoms with Crippen LogP contribution in [0.5, 0.6) is 0 Å². The number of rotatable bonds is 7. The van der Waals surface area contributed by atoms with Gasteiger partial charge in [-0.05, 0) is 26.2 Å². The van der Waals surface area contributed by atoms with Gasteiger partial charge >= 0.3 is 5.97 Å². The van der Waals surface area contributed by atoms with E-state index < -0.39 is 5.97 Å². The lowest BCUT2D eigenvalue weighted by Gasteiger charge is -2.23. The molecule has 0 aromatic heterocycles. The minimum atomic E-state index is -1.04. The van der Waals surface area contributed by atoms with Gasteiger partial charge < -0.3 is 14.6 Å². The van der Waals surface area contributed by atoms with Crippen molar-refractivity contribution < 1.29 is 19.4 Å². The second-order valence-corrected chi connectivity index (χ2v) is 4.00. The van der Waals surface area contributed by atoms with Gasteiger partial charge in [-0.3, -0.25) is 5.01 Å². The molecule has 116 valence electrons. The van der Waals surface area contributed by atoms with Crippen molar-refractivity contribution in [2.24, 2.45) is 5.10 Å². The van der Waals surface area contributed by atoms with Gasteiger partial charge in [-0.25, -0.2) is 4.79 Å². The number of nitrogens with zero attached hydrogens (tertiary/aromatic N) is 2. The van der Waals surface area contributed by atoms with E-state index in [4.69, 9.17) is 14.6 Å². The van der Waals surface area contributed by atoms with Gasteiger partial charge in [-0.15, -0.1) is 0 Å². The molecule has 1 aliphatic heterocycles. The summed E-state index contributed by atoms with van der Waals surface area (Å²) in [4.78, 5) is 10.6. The fraction of sp³-hybridized carbons (Fsp3) is 0.714. The predicted molar refractivity (Wildman–Crippen MR) is 78.5 cm³/mol. The van der Waals surface area contributed by atoms with Gasteiger partial charge in [0.05, 0.1) is 13.2 Å². The highest BCUT2D eigenvalue weighted by Crippen LogP contribution is 2.13. The Balaban J connectivity index is 0.00000172. The van der Waals surface area contributed by atoms with Crippen LogP contribution in [0.25, 0.3) is 0 Å². The van der Waals surface area contributed by atoms with E-state index in [1.54, 1.807) is 0 Å². The zero-order chi connectivity index (χ0) is 15.4. The summed E-state index contributed by atoms with van der Waals surface area (Å²) in [5.74, 6) is -1.04. The lowest BCUT2D eigenvalue weighted by molar-refractivity contribution is -0.163. The molecule has 6 nitrogen and oxygen atoms in total. The Morgan fingerprint density at radius 3 is 2.75 bits per heavy atom. The Morgan fingerprint density at radius 2 is 2.25 bits per heavy atom. The average molecular weight is 286 g/mol. The monoisotopic (exact) mass is 286 g/mol. The van der Waals surface area contributed by atoms with Crippen LogP contribution in [-0.4, -0.2) is 47.8 Å². The van der Waals surface area contributed by atoms with Gasteiger partial charge in [0, 0.05) is 12.8 Å². The Labute approximate surface area is 121 Å². The Bertz CT molecular complexity index is 312. The number of carboxylic acid groups (broad SMARTS) is 1. The maximum Gasteiger partial charge on any atom is 0.351 e. The first-order valence-electron chi connectivity index (χ1n) is 7.04. The van der Waals surface area contributed by atoms with E-state index in [9.17, 15) is 4.79 Å². The normalized spacial score (nSPS) is 18.8. The molecule has 1 aliphatic rings. The lowest BCUT2D eigenvalue weighted by atomic mass is 10.2. The maximum absolute atomic E-state index is 10.6. The molecule has 1 atom stereocenters. The smallest absolute Gasteiger partial charge is 0.351 e. The first-order valence-corrected chi connectivity index (χ1v) is 7.04. The predicted octanol–water partition coefficient (Wildman–Crippen LogP) is 2.46. The van der Waals surface area contributed by atoms with E-state index in [0.717, 1.165) is 25.9 Å². The number of carboxylic acids is 1. The van der Waals surface area contributed by atoms with E-state index in [1.807, 2.05) is 13.8 Å². The molecule has 0 saturated carbocycles. The van der Waals surface area contributed by atoms with Crippen LogP contribution < -0.4 is 0 Å². The van der Waals surface area contributed by atoms with Crippen LogP contribution in [0.3, 0.4) is 0 Å². The van der Waals surface area contributed by atoms with Gasteiger partial charge in [0.15, 0.2) is 6.29 Å². The van der Waals surface area contributed by atoms with E-state index in [1.165, 1.54) is 18.1 Å². The second-order valence-electron chi connectivity index (χ2n) is 4.00. The van der Waals surface area contributed by atoms with Gasteiger partial charge in [0.2, 0.25) is 0 Å². The molecule has 6 heteroatoms. The van der Waals surface area contributed by atoms with Crippen molar-refractivity contribution in [2.45, 2.75) is 46.3 Å². The third-order valence-corrected chi connectivity index (χ3v) is 2.56. The van der Waals surface area contributed by atoms with Crippen LogP contribution in [0.4, 0.5) is 0 Å². The van der Waals surface area contributed by atoms with Gasteiger partial charge in [-0.2, -0.15) is 5.10 Å². The molecule has 0 amide bonds. The summed E-state index contributed by atoms with van der Waals surface area (Å²) in [5, 5.41) is 14.1. The van der Waals surface area contributed by atoms with Crippen molar-refractivity contribution in [3.63, 3.8) is 0 Å². The number of ether oxygens (including phenoxy) is 2. The number of carbonyl (C=O) groups is 1. The summed E-state index contributed by atoms with van der Waals surface area (Å²) in [6.45, 7) is 10.6. The van der Waals surface area contributed by atoms with E-state index in [2.05, 4.69) is 11.7 Å². The summed E-state index contributed by atoms with van der Waals surface area (Å²) in [6.07, 6.45) is 4.44. The van der Waals surface area contributed by atoms with E-state index in [0.29, 0.717) is 13.2 Å². The van der Waals surface area contributed by atoms with Crippen molar-refractivity contribution in [1.82, 2.24) is 5.01 Å². The SMILES string of the molecule is C=CN(CCOC1CCCCO1)/N=C(\C)C(=O)O.CC. The highest BCUT2D eigenvalue weighted by molar-refractivity contribution is 6.34. The molecular weight excluding hydrogens is 260 g/mol. The Hall–Kier alpha value is -1.40. The molecular formula is C14H26N2O4. The molecule has 20 heavy (non-hydrogen) atoms. The third kappa shape index (κ3) is 7.91. The number of aliphatic carboxylic acids is 1. The molecule has 1 saturated heterocycles. The Morgan fingerprint density at radius 1 is 1.55 bits per heavy atom. The Kier molecular flexibility index (Phi) is 10.6. The summed E-state index contributed by atoms with van der Waals surface area (Å²) >= 11 is 0. The van der Waals surface area contributed by atoms with Gasteiger partial charge in [0.1, 0.15) is 5.71 Å². The summed E-state index contributed by atoms with van der Waals surface area (Å²) in [6, 6.07) is 0. The number of hydrogen-bond acceptors (Lipinski definition) is 5. The largest absolute Gasteiger partial charge is 0.477 e. The van der Waals surface area contributed by atoms with Crippen molar-refractivity contribution in [3.05, 3.63) is 12.8 Å². The van der Waals surface area contributed by atoms with Crippen LogP contribution in [-0.2, 0) is 14.3 Å². The fourth-order valence-electron chi connectivity index (χ4n) is 1.54. The summed E-state index contributed by atoms with van der Waals surface area (Å²) in [5.41, 5.74) is 0.0174. The molecule has 0 aromatic rings. The molecule has 1 N–H and O–H groups in total.